The number of nitrogens with zero attached hydrogens (tertiary/aromatic N) is 3. The van der Waals surface area contributed by atoms with Gasteiger partial charge in [0.05, 0.1) is 40.7 Å². The third kappa shape index (κ3) is 4.56. The van der Waals surface area contributed by atoms with E-state index in [0.717, 1.165) is 53.9 Å². The van der Waals surface area contributed by atoms with Crippen LogP contribution >= 0.6 is 11.3 Å². The number of halogens is 2. The summed E-state index contributed by atoms with van der Waals surface area (Å²) in [6, 6.07) is 9.92. The lowest BCUT2D eigenvalue weighted by molar-refractivity contribution is 0.0147. The Bertz CT molecular complexity index is 1550. The van der Waals surface area contributed by atoms with Gasteiger partial charge in [-0.1, -0.05) is 22.6 Å². The average molecular weight is 566 g/mol. The van der Waals surface area contributed by atoms with Gasteiger partial charge in [-0.25, -0.2) is 18.6 Å². The van der Waals surface area contributed by atoms with Crippen molar-refractivity contribution in [2.24, 2.45) is 0 Å². The monoisotopic (exact) mass is 565 g/mol. The molecule has 2 aromatic carbocycles. The zero-order valence-electron chi connectivity index (χ0n) is 22.1. The van der Waals surface area contributed by atoms with Crippen molar-refractivity contribution >= 4 is 32.7 Å². The molecule has 2 saturated heterocycles. The quantitative estimate of drug-likeness (QED) is 0.213. The van der Waals surface area contributed by atoms with Gasteiger partial charge in [-0.2, -0.15) is 0 Å². The summed E-state index contributed by atoms with van der Waals surface area (Å²) in [4.78, 5) is 19.5. The third-order valence-electron chi connectivity index (χ3n) is 8.23. The van der Waals surface area contributed by atoms with Crippen LogP contribution in [0.25, 0.3) is 21.5 Å². The summed E-state index contributed by atoms with van der Waals surface area (Å²) in [6.07, 6.45) is 5.77. The lowest BCUT2D eigenvalue weighted by Crippen LogP contribution is -2.45. The molecule has 3 fully saturated rings. The second-order valence-corrected chi connectivity index (χ2v) is 11.9. The van der Waals surface area contributed by atoms with Gasteiger partial charge in [0, 0.05) is 23.6 Å². The summed E-state index contributed by atoms with van der Waals surface area (Å²) in [6.45, 7) is 2.34. The minimum Gasteiger partial charge on any atom is -0.462 e. The fourth-order valence-electron chi connectivity index (χ4n) is 6.19. The molecule has 0 radical (unpaired) electrons. The van der Waals surface area contributed by atoms with Crippen LogP contribution < -0.4 is 4.90 Å². The maximum absolute atomic E-state index is 14.6. The molecule has 2 bridgehead atoms. The first-order valence-corrected chi connectivity index (χ1v) is 14.7. The number of piperidine rings is 1. The van der Waals surface area contributed by atoms with Crippen molar-refractivity contribution in [3.05, 3.63) is 64.9 Å². The number of hydrogen-bond acceptors (Lipinski definition) is 8. The number of aromatic nitrogens is 2. The molecule has 208 valence electrons. The van der Waals surface area contributed by atoms with Crippen LogP contribution in [0.4, 0.5) is 13.9 Å². The van der Waals surface area contributed by atoms with Crippen LogP contribution in [0.3, 0.4) is 0 Å². The summed E-state index contributed by atoms with van der Waals surface area (Å²) >= 11 is 1.60. The summed E-state index contributed by atoms with van der Waals surface area (Å²) in [7, 11) is 0. The highest BCUT2D eigenvalue weighted by Crippen LogP contribution is 2.46. The maximum atomic E-state index is 14.6. The first kappa shape index (κ1) is 25.6. The molecule has 1 aliphatic carbocycles. The highest BCUT2D eigenvalue weighted by atomic mass is 32.1. The maximum Gasteiger partial charge on any atom is 0.338 e. The molecule has 0 spiro atoms. The van der Waals surface area contributed by atoms with E-state index in [1.54, 1.807) is 24.3 Å². The van der Waals surface area contributed by atoms with E-state index in [-0.39, 0.29) is 35.9 Å². The Morgan fingerprint density at radius 3 is 2.55 bits per heavy atom. The number of rotatable bonds is 8. The van der Waals surface area contributed by atoms with E-state index < -0.39 is 11.6 Å². The fraction of sp³-hybridized carbons (Fsp3) is 0.433. The number of thiazole rings is 1. The van der Waals surface area contributed by atoms with Crippen LogP contribution in [0.5, 0.6) is 0 Å². The Balaban J connectivity index is 1.08. The van der Waals surface area contributed by atoms with Gasteiger partial charge >= 0.3 is 5.97 Å². The Morgan fingerprint density at radius 1 is 1.10 bits per heavy atom. The smallest absolute Gasteiger partial charge is 0.338 e. The van der Waals surface area contributed by atoms with E-state index >= 15 is 0 Å². The van der Waals surface area contributed by atoms with Crippen molar-refractivity contribution in [3.63, 3.8) is 0 Å². The van der Waals surface area contributed by atoms with Gasteiger partial charge in [0.15, 0.2) is 5.13 Å². The zero-order valence-corrected chi connectivity index (χ0v) is 22.9. The van der Waals surface area contributed by atoms with Crippen LogP contribution in [0.1, 0.15) is 73.0 Å². The molecule has 2 unspecified atom stereocenters. The first-order valence-electron chi connectivity index (χ1n) is 13.9. The molecule has 2 atom stereocenters. The van der Waals surface area contributed by atoms with Gasteiger partial charge in [-0.15, -0.1) is 0 Å². The lowest BCUT2D eigenvalue weighted by atomic mass is 10.00. The van der Waals surface area contributed by atoms with Crippen LogP contribution in [0, 0.1) is 11.6 Å². The number of benzene rings is 2. The van der Waals surface area contributed by atoms with Gasteiger partial charge < -0.3 is 18.9 Å². The Kier molecular flexibility index (Phi) is 6.54. The lowest BCUT2D eigenvalue weighted by Gasteiger charge is -2.38. The standard InChI is InChI=1S/C30H29F2N3O4S/c1-2-37-29(36)17-8-11-24-25(12-17)40-30(33-24)35-18-9-10-19(35)14-20(13-18)38-15-21-27(34-39-28(21)16-6-7-16)26-22(31)4-3-5-23(26)32/h3-5,8,11-12,16,18-20H,2,6-7,9-10,13-15H2,1H3. The number of ether oxygens (including phenoxy) is 2. The highest BCUT2D eigenvalue weighted by Gasteiger charge is 2.43. The largest absolute Gasteiger partial charge is 0.462 e. The molecule has 0 amide bonds. The van der Waals surface area contributed by atoms with E-state index in [9.17, 15) is 13.6 Å². The molecular formula is C30H29F2N3O4S. The Hall–Kier alpha value is -3.37. The van der Waals surface area contributed by atoms with Crippen LogP contribution in [-0.2, 0) is 16.1 Å². The van der Waals surface area contributed by atoms with Crippen molar-refractivity contribution in [2.45, 2.75) is 76.2 Å². The fourth-order valence-corrected chi connectivity index (χ4v) is 7.34. The van der Waals surface area contributed by atoms with E-state index in [4.69, 9.17) is 19.0 Å². The minimum absolute atomic E-state index is 0.0128. The minimum atomic E-state index is -0.659. The topological polar surface area (TPSA) is 77.7 Å². The second kappa shape index (κ2) is 10.2. The zero-order chi connectivity index (χ0) is 27.4. The predicted octanol–water partition coefficient (Wildman–Crippen LogP) is 7.00. The van der Waals surface area contributed by atoms with Crippen molar-refractivity contribution in [3.8, 4) is 11.3 Å². The second-order valence-electron chi connectivity index (χ2n) is 10.8. The number of fused-ring (bicyclic) bond motifs is 3. The molecule has 3 aliphatic rings. The summed E-state index contributed by atoms with van der Waals surface area (Å²) in [5, 5.41) is 5.06. The predicted molar refractivity (Wildman–Crippen MR) is 147 cm³/mol. The Labute approximate surface area is 234 Å². The molecule has 7 rings (SSSR count). The highest BCUT2D eigenvalue weighted by molar-refractivity contribution is 7.22. The number of carbonyl (C=O) groups is 1. The van der Waals surface area contributed by atoms with E-state index in [0.29, 0.717) is 35.6 Å². The normalized spacial score (nSPS) is 22.3. The number of anilines is 1. The van der Waals surface area contributed by atoms with Crippen molar-refractivity contribution in [1.29, 1.82) is 0 Å². The van der Waals surface area contributed by atoms with E-state index in [2.05, 4.69) is 10.1 Å². The number of hydrogen-bond donors (Lipinski definition) is 0. The SMILES string of the molecule is CCOC(=O)c1ccc2nc(N3C4CCC3CC(OCc3c(-c5c(F)cccc5F)noc3C3CC3)C4)sc2c1. The van der Waals surface area contributed by atoms with Crippen LogP contribution in [0.15, 0.2) is 40.9 Å². The van der Waals surface area contributed by atoms with Gasteiger partial charge in [-0.3, -0.25) is 0 Å². The Morgan fingerprint density at radius 2 is 1.85 bits per heavy atom. The van der Waals surface area contributed by atoms with Crippen molar-refractivity contribution in [2.75, 3.05) is 11.5 Å². The molecule has 0 N–H and O–H groups in total. The summed E-state index contributed by atoms with van der Waals surface area (Å²) in [5.74, 6) is -0.719. The number of esters is 1. The molecule has 1 saturated carbocycles. The molecule has 2 aromatic heterocycles. The van der Waals surface area contributed by atoms with Crippen LogP contribution in [0.2, 0.25) is 0 Å². The van der Waals surface area contributed by atoms with Gasteiger partial charge in [0.25, 0.3) is 0 Å². The molecule has 4 heterocycles. The molecular weight excluding hydrogens is 536 g/mol. The summed E-state index contributed by atoms with van der Waals surface area (Å²) < 4.78 is 47.4. The molecule has 4 aromatic rings. The molecule has 2 aliphatic heterocycles. The molecule has 40 heavy (non-hydrogen) atoms. The first-order chi connectivity index (χ1) is 19.5. The molecule has 7 nitrogen and oxygen atoms in total. The number of carbonyl (C=O) groups excluding carboxylic acids is 1. The van der Waals surface area contributed by atoms with Gasteiger partial charge in [-0.05, 0) is 75.8 Å². The molecule has 10 heteroatoms. The van der Waals surface area contributed by atoms with Crippen molar-refractivity contribution in [1.82, 2.24) is 10.1 Å². The third-order valence-corrected chi connectivity index (χ3v) is 9.26. The average Bonchev–Trinajstić information content (AvgIpc) is 3.47. The van der Waals surface area contributed by atoms with Gasteiger partial charge in [0.2, 0.25) is 0 Å². The van der Waals surface area contributed by atoms with Crippen molar-refractivity contribution < 1.29 is 27.6 Å². The van der Waals surface area contributed by atoms with E-state index in [1.165, 1.54) is 18.2 Å². The summed E-state index contributed by atoms with van der Waals surface area (Å²) in [5.41, 5.74) is 2.11. The van der Waals surface area contributed by atoms with Gasteiger partial charge in [0.1, 0.15) is 23.1 Å². The van der Waals surface area contributed by atoms with Crippen LogP contribution in [-0.4, -0.2) is 40.9 Å². The van der Waals surface area contributed by atoms with E-state index in [1.807, 2.05) is 12.1 Å².